The molecular weight excluding hydrogens is 185 g/mol. The number of imidazole rings is 1. The average molecular weight is 189 g/mol. The minimum atomic E-state index is 0. The second kappa shape index (κ2) is 2.86. The molecule has 0 aliphatic heterocycles. The number of hydrogen-bond acceptors (Lipinski definition) is 4. The minimum absolute atomic E-state index is 0. The van der Waals surface area contributed by atoms with Gasteiger partial charge in [0.1, 0.15) is 5.82 Å². The number of rotatable bonds is 0. The van der Waals surface area contributed by atoms with E-state index in [-0.39, 0.29) is 17.1 Å². The van der Waals surface area contributed by atoms with Crippen molar-refractivity contribution in [1.29, 1.82) is 0 Å². The Bertz CT molecular complexity index is 356. The van der Waals surface area contributed by atoms with Gasteiger partial charge >= 0.3 is 0 Å². The number of nitrogens with two attached hydrogens (primary N) is 1. The van der Waals surface area contributed by atoms with Gasteiger partial charge in [-0.3, -0.25) is 0 Å². The van der Waals surface area contributed by atoms with Gasteiger partial charge in [0.05, 0.1) is 0 Å². The number of nitrogens with zero attached hydrogens (tertiary/aromatic N) is 4. The summed E-state index contributed by atoms with van der Waals surface area (Å²) in [6, 6.07) is 0. The first-order chi connectivity index (χ1) is 4.88. The first-order valence-electron chi connectivity index (χ1n) is 2.72. The Balaban J connectivity index is 0.000000605. The Morgan fingerprint density at radius 2 is 2.09 bits per heavy atom. The molecule has 0 saturated heterocycles. The van der Waals surface area contributed by atoms with Crippen molar-refractivity contribution in [3.63, 3.8) is 0 Å². The van der Waals surface area contributed by atoms with Crippen LogP contribution in [0.25, 0.3) is 11.2 Å². The Morgan fingerprint density at radius 3 is 2.82 bits per heavy atom. The average Bonchev–Trinajstić information content (AvgIpc) is 2.36. The molecule has 2 N–H and O–H groups in total. The Labute approximate surface area is 72.9 Å². The first kappa shape index (κ1) is 7.97. The fourth-order valence-electron chi connectivity index (χ4n) is 0.742. The summed E-state index contributed by atoms with van der Waals surface area (Å²) in [5.41, 5.74) is 6.57. The summed E-state index contributed by atoms with van der Waals surface area (Å²) in [6.07, 6.45) is 2.78. The van der Waals surface area contributed by atoms with Crippen molar-refractivity contribution < 1.29 is 17.1 Å². The summed E-state index contributed by atoms with van der Waals surface area (Å²) in [7, 11) is 0. The standard InChI is InChI=1S/C5H4N5.Mn/c6-4-3-5(9-1-7-3)10-2-8-4;/h1-2H,(H2-,6,7,8,9,10);/q-1;. The van der Waals surface area contributed by atoms with Crippen molar-refractivity contribution in [2.24, 2.45) is 0 Å². The summed E-state index contributed by atoms with van der Waals surface area (Å²) in [5, 5.41) is 0. The summed E-state index contributed by atoms with van der Waals surface area (Å²) < 4.78 is 0. The van der Waals surface area contributed by atoms with E-state index in [2.05, 4.69) is 19.9 Å². The fourth-order valence-corrected chi connectivity index (χ4v) is 0.742. The molecule has 5 nitrogen and oxygen atoms in total. The number of hydrogen-bond donors (Lipinski definition) is 1. The van der Waals surface area contributed by atoms with Crippen LogP contribution < -0.4 is 10.7 Å². The van der Waals surface area contributed by atoms with Gasteiger partial charge in [0, 0.05) is 34.6 Å². The molecule has 11 heavy (non-hydrogen) atoms. The van der Waals surface area contributed by atoms with Gasteiger partial charge in [0.15, 0.2) is 0 Å². The molecule has 1 radical (unpaired) electrons. The van der Waals surface area contributed by atoms with E-state index in [1.165, 1.54) is 12.7 Å². The molecule has 6 heteroatoms. The van der Waals surface area contributed by atoms with Crippen molar-refractivity contribution in [3.8, 4) is 0 Å². The summed E-state index contributed by atoms with van der Waals surface area (Å²) in [4.78, 5) is 15.3. The molecule has 0 aromatic carbocycles. The van der Waals surface area contributed by atoms with E-state index in [0.29, 0.717) is 17.0 Å². The van der Waals surface area contributed by atoms with Crippen LogP contribution in [-0.2, 0) is 17.1 Å². The number of fused-ring (bicyclic) bond motifs is 1. The number of aromatic nitrogens is 4. The first-order valence-corrected chi connectivity index (χ1v) is 2.72. The molecule has 2 rings (SSSR count). The second-order valence-corrected chi connectivity index (χ2v) is 1.80. The van der Waals surface area contributed by atoms with E-state index in [9.17, 15) is 0 Å². The van der Waals surface area contributed by atoms with Crippen LogP contribution >= 0.6 is 0 Å². The van der Waals surface area contributed by atoms with Gasteiger partial charge in [-0.1, -0.05) is 0 Å². The molecular formula is C5H4MnN5-. The van der Waals surface area contributed by atoms with Crippen LogP contribution in [-0.4, -0.2) is 15.0 Å². The van der Waals surface area contributed by atoms with Crippen molar-refractivity contribution in [2.45, 2.75) is 0 Å². The van der Waals surface area contributed by atoms with Crippen molar-refractivity contribution >= 4 is 17.0 Å². The second-order valence-electron chi connectivity index (χ2n) is 1.80. The van der Waals surface area contributed by atoms with Crippen LogP contribution in [0, 0.1) is 0 Å². The van der Waals surface area contributed by atoms with Gasteiger partial charge in [0.2, 0.25) is 0 Å². The van der Waals surface area contributed by atoms with E-state index in [1.54, 1.807) is 0 Å². The maximum Gasteiger partial charge on any atom is 0.134 e. The third-order valence-corrected chi connectivity index (χ3v) is 1.20. The van der Waals surface area contributed by atoms with Gasteiger partial charge in [-0.05, 0) is 6.33 Å². The Morgan fingerprint density at radius 1 is 1.27 bits per heavy atom. The molecule has 0 fully saturated rings. The van der Waals surface area contributed by atoms with E-state index >= 15 is 0 Å². The molecule has 0 atom stereocenters. The smallest absolute Gasteiger partial charge is 0.134 e. The zero-order valence-electron chi connectivity index (χ0n) is 5.40. The predicted molar refractivity (Wildman–Crippen MR) is 35.1 cm³/mol. The van der Waals surface area contributed by atoms with Gasteiger partial charge in [-0.2, -0.15) is 0 Å². The quantitative estimate of drug-likeness (QED) is 0.568. The van der Waals surface area contributed by atoms with Crippen molar-refractivity contribution in [2.75, 3.05) is 5.73 Å². The van der Waals surface area contributed by atoms with Crippen LogP contribution in [0.4, 0.5) is 5.82 Å². The molecule has 0 aliphatic rings. The number of nitrogen functional groups attached to an aromatic ring is 1. The monoisotopic (exact) mass is 189 g/mol. The molecule has 0 unspecified atom stereocenters. The zero-order valence-corrected chi connectivity index (χ0v) is 6.58. The molecule has 0 saturated carbocycles. The minimum Gasteiger partial charge on any atom is -0.383 e. The maximum absolute atomic E-state index is 5.45. The van der Waals surface area contributed by atoms with E-state index in [1.807, 2.05) is 0 Å². The SMILES string of the molecule is Nc1ncnc2[n-]cnc12.[Mn]. The van der Waals surface area contributed by atoms with Crippen molar-refractivity contribution in [1.82, 2.24) is 19.9 Å². The van der Waals surface area contributed by atoms with E-state index in [0.717, 1.165) is 0 Å². The third-order valence-electron chi connectivity index (χ3n) is 1.20. The van der Waals surface area contributed by atoms with Crippen LogP contribution in [0.5, 0.6) is 0 Å². The summed E-state index contributed by atoms with van der Waals surface area (Å²) >= 11 is 0. The van der Waals surface area contributed by atoms with Gasteiger partial charge in [0.25, 0.3) is 0 Å². The van der Waals surface area contributed by atoms with E-state index < -0.39 is 0 Å². The maximum atomic E-state index is 5.45. The molecule has 0 bridgehead atoms. The normalized spacial score (nSPS) is 9.45. The molecule has 0 spiro atoms. The zero-order chi connectivity index (χ0) is 6.97. The number of anilines is 1. The molecule has 0 amide bonds. The van der Waals surface area contributed by atoms with Gasteiger partial charge < -0.3 is 20.7 Å². The Hall–Kier alpha value is -1.13. The van der Waals surface area contributed by atoms with Crippen LogP contribution in [0.2, 0.25) is 0 Å². The molecule has 57 valence electrons. The van der Waals surface area contributed by atoms with Crippen LogP contribution in [0.1, 0.15) is 0 Å². The summed E-state index contributed by atoms with van der Waals surface area (Å²) in [5.74, 6) is 0.377. The Kier molecular flexibility index (Phi) is 2.07. The topological polar surface area (TPSA) is 78.8 Å². The largest absolute Gasteiger partial charge is 0.383 e. The van der Waals surface area contributed by atoms with Crippen LogP contribution in [0.15, 0.2) is 12.7 Å². The fraction of sp³-hybridized carbons (Fsp3) is 0. The summed E-state index contributed by atoms with van der Waals surface area (Å²) in [6.45, 7) is 0. The molecule has 0 aliphatic carbocycles. The molecule has 2 aromatic rings. The predicted octanol–water partition coefficient (Wildman–Crippen LogP) is -0.438. The van der Waals surface area contributed by atoms with Crippen molar-refractivity contribution in [3.05, 3.63) is 12.7 Å². The van der Waals surface area contributed by atoms with E-state index in [4.69, 9.17) is 5.73 Å². The molecule has 2 aromatic heterocycles. The molecule has 2 heterocycles. The third kappa shape index (κ3) is 1.18. The van der Waals surface area contributed by atoms with Gasteiger partial charge in [-0.15, -0.1) is 0 Å². The van der Waals surface area contributed by atoms with Gasteiger partial charge in [-0.25, -0.2) is 4.98 Å². The van der Waals surface area contributed by atoms with Crippen LogP contribution in [0.3, 0.4) is 0 Å².